The third-order valence-electron chi connectivity index (χ3n) is 5.77. The molecule has 2 aliphatic rings. The first-order chi connectivity index (χ1) is 8.15. The molecule has 0 bridgehead atoms. The summed E-state index contributed by atoms with van der Waals surface area (Å²) in [6, 6.07) is 0. The van der Waals surface area contributed by atoms with Crippen molar-refractivity contribution in [2.24, 2.45) is 35.5 Å². The molecule has 2 rings (SSSR count). The average molecular weight is 238 g/mol. The van der Waals surface area contributed by atoms with E-state index in [1.165, 1.54) is 32.1 Å². The van der Waals surface area contributed by atoms with Crippen molar-refractivity contribution in [1.82, 2.24) is 0 Å². The van der Waals surface area contributed by atoms with E-state index in [1.807, 2.05) is 13.8 Å². The summed E-state index contributed by atoms with van der Waals surface area (Å²) in [5.74, 6) is 6.15. The summed E-state index contributed by atoms with van der Waals surface area (Å²) in [4.78, 5) is 0. The summed E-state index contributed by atoms with van der Waals surface area (Å²) in [5, 5.41) is 0. The monoisotopic (exact) mass is 238 g/mol. The van der Waals surface area contributed by atoms with E-state index in [4.69, 9.17) is 0 Å². The van der Waals surface area contributed by atoms with Gasteiger partial charge in [-0.1, -0.05) is 54.4 Å². The average Bonchev–Trinajstić information content (AvgIpc) is 2.84. The smallest absolute Gasteiger partial charge is 0.0352 e. The second kappa shape index (κ2) is 6.81. The van der Waals surface area contributed by atoms with Gasteiger partial charge < -0.3 is 0 Å². The molecule has 0 aromatic heterocycles. The molecule has 6 unspecified atom stereocenters. The van der Waals surface area contributed by atoms with Crippen molar-refractivity contribution in [3.8, 4) is 0 Å². The van der Waals surface area contributed by atoms with Gasteiger partial charge in [-0.25, -0.2) is 0 Å². The molecule has 0 amide bonds. The van der Waals surface area contributed by atoms with Crippen LogP contribution in [0.15, 0.2) is 0 Å². The van der Waals surface area contributed by atoms with E-state index >= 15 is 0 Å². The highest BCUT2D eigenvalue weighted by Gasteiger charge is 2.44. The first-order valence-electron chi connectivity index (χ1n) is 8.15. The summed E-state index contributed by atoms with van der Waals surface area (Å²) in [6.45, 7) is 13.9. The van der Waals surface area contributed by atoms with E-state index in [0.717, 1.165) is 35.5 Å². The second-order valence-electron chi connectivity index (χ2n) is 6.38. The van der Waals surface area contributed by atoms with Crippen LogP contribution in [0.2, 0.25) is 0 Å². The van der Waals surface area contributed by atoms with Crippen molar-refractivity contribution < 1.29 is 0 Å². The zero-order valence-electron chi connectivity index (χ0n) is 13.0. The Bertz CT molecular complexity index is 208. The van der Waals surface area contributed by atoms with E-state index < -0.39 is 0 Å². The Labute approximate surface area is 110 Å². The van der Waals surface area contributed by atoms with Crippen LogP contribution in [0.3, 0.4) is 0 Å². The molecule has 2 aliphatic carbocycles. The molecule has 0 N–H and O–H groups in total. The zero-order chi connectivity index (χ0) is 13.0. The zero-order valence-corrected chi connectivity index (χ0v) is 13.0. The van der Waals surface area contributed by atoms with Crippen LogP contribution in [0, 0.1) is 35.5 Å². The molecule has 0 saturated heterocycles. The molecule has 0 heteroatoms. The topological polar surface area (TPSA) is 0 Å². The summed E-state index contributed by atoms with van der Waals surface area (Å²) in [6.07, 6.45) is 7.48. The van der Waals surface area contributed by atoms with Crippen LogP contribution in [0.1, 0.15) is 73.6 Å². The lowest BCUT2D eigenvalue weighted by Gasteiger charge is -2.44. The van der Waals surface area contributed by atoms with Gasteiger partial charge in [-0.2, -0.15) is 0 Å². The highest BCUT2D eigenvalue weighted by Crippen LogP contribution is 2.52. The lowest BCUT2D eigenvalue weighted by molar-refractivity contribution is 0.0448. The maximum atomic E-state index is 2.51. The summed E-state index contributed by atoms with van der Waals surface area (Å²) in [5.41, 5.74) is 0. The van der Waals surface area contributed by atoms with Gasteiger partial charge in [0.15, 0.2) is 0 Å². The number of fused-ring (bicyclic) bond motifs is 1. The fourth-order valence-electron chi connectivity index (χ4n) is 4.40. The highest BCUT2D eigenvalue weighted by molar-refractivity contribution is 4.93. The molecule has 17 heavy (non-hydrogen) atoms. The molecule has 6 atom stereocenters. The Balaban J connectivity index is 0.000000686. The van der Waals surface area contributed by atoms with Crippen LogP contribution in [0.5, 0.6) is 0 Å². The van der Waals surface area contributed by atoms with Gasteiger partial charge in [0.2, 0.25) is 0 Å². The predicted molar refractivity (Wildman–Crippen MR) is 78.1 cm³/mol. The first-order valence-corrected chi connectivity index (χ1v) is 8.15. The Morgan fingerprint density at radius 3 is 2.24 bits per heavy atom. The van der Waals surface area contributed by atoms with E-state index in [9.17, 15) is 0 Å². The van der Waals surface area contributed by atoms with Crippen LogP contribution in [0.25, 0.3) is 0 Å². The molecule has 0 aromatic carbocycles. The van der Waals surface area contributed by atoms with Crippen molar-refractivity contribution >= 4 is 0 Å². The van der Waals surface area contributed by atoms with Crippen molar-refractivity contribution in [3.05, 3.63) is 0 Å². The van der Waals surface area contributed by atoms with E-state index in [1.54, 1.807) is 0 Å². The molecule has 0 aliphatic heterocycles. The molecule has 0 nitrogen and oxygen atoms in total. The van der Waals surface area contributed by atoms with E-state index in [-0.39, 0.29) is 0 Å². The Morgan fingerprint density at radius 1 is 1.06 bits per heavy atom. The lowest BCUT2D eigenvalue weighted by Crippen LogP contribution is -2.37. The van der Waals surface area contributed by atoms with Gasteiger partial charge >= 0.3 is 0 Å². The standard InChI is InChI=1S/C15H28.C2H6/c1-5-10(2)15-9-11(3)12(4)13-7-6-8-14(13)15;1-2/h10-15H,5-9H2,1-4H3;1-2H3. The van der Waals surface area contributed by atoms with Crippen LogP contribution >= 0.6 is 0 Å². The van der Waals surface area contributed by atoms with Crippen LogP contribution in [0.4, 0.5) is 0 Å². The van der Waals surface area contributed by atoms with Gasteiger partial charge in [-0.05, 0) is 54.8 Å². The predicted octanol–water partition coefficient (Wildman–Crippen LogP) is 5.77. The molecule has 0 heterocycles. The third-order valence-corrected chi connectivity index (χ3v) is 5.77. The SMILES string of the molecule is CC.CCC(C)C1CC(C)C(C)C2CCCC12. The number of rotatable bonds is 2. The number of hydrogen-bond acceptors (Lipinski definition) is 0. The highest BCUT2D eigenvalue weighted by atomic mass is 14.5. The molecular formula is C17H34. The van der Waals surface area contributed by atoms with Gasteiger partial charge in [-0.15, -0.1) is 0 Å². The minimum absolute atomic E-state index is 0.963. The van der Waals surface area contributed by atoms with Gasteiger partial charge in [0.05, 0.1) is 0 Å². The minimum atomic E-state index is 0.963. The molecular weight excluding hydrogens is 204 g/mol. The Hall–Kier alpha value is 0. The molecule has 2 fully saturated rings. The Morgan fingerprint density at radius 2 is 1.65 bits per heavy atom. The lowest BCUT2D eigenvalue weighted by atomic mass is 9.61. The third kappa shape index (κ3) is 3.06. The second-order valence-corrected chi connectivity index (χ2v) is 6.38. The summed E-state index contributed by atoms with van der Waals surface area (Å²) >= 11 is 0. The van der Waals surface area contributed by atoms with Gasteiger partial charge in [-0.3, -0.25) is 0 Å². The molecule has 2 saturated carbocycles. The summed E-state index contributed by atoms with van der Waals surface area (Å²) < 4.78 is 0. The summed E-state index contributed by atoms with van der Waals surface area (Å²) in [7, 11) is 0. The van der Waals surface area contributed by atoms with Crippen molar-refractivity contribution in [2.45, 2.75) is 73.6 Å². The number of hydrogen-bond donors (Lipinski definition) is 0. The van der Waals surface area contributed by atoms with Crippen molar-refractivity contribution in [2.75, 3.05) is 0 Å². The van der Waals surface area contributed by atoms with Gasteiger partial charge in [0.1, 0.15) is 0 Å². The maximum Gasteiger partial charge on any atom is -0.0352 e. The largest absolute Gasteiger partial charge is 0.0683 e. The molecule has 0 radical (unpaired) electrons. The van der Waals surface area contributed by atoms with E-state index in [0.29, 0.717) is 0 Å². The normalized spacial score (nSPS) is 42.4. The molecule has 102 valence electrons. The van der Waals surface area contributed by atoms with Crippen molar-refractivity contribution in [1.29, 1.82) is 0 Å². The molecule has 0 aromatic rings. The van der Waals surface area contributed by atoms with Crippen LogP contribution in [-0.4, -0.2) is 0 Å². The Kier molecular flexibility index (Phi) is 6.03. The van der Waals surface area contributed by atoms with E-state index in [2.05, 4.69) is 27.7 Å². The molecule has 0 spiro atoms. The minimum Gasteiger partial charge on any atom is -0.0683 e. The van der Waals surface area contributed by atoms with Gasteiger partial charge in [0, 0.05) is 0 Å². The van der Waals surface area contributed by atoms with Crippen molar-refractivity contribution in [3.63, 3.8) is 0 Å². The fraction of sp³-hybridized carbons (Fsp3) is 1.00. The quantitative estimate of drug-likeness (QED) is 0.573. The van der Waals surface area contributed by atoms with Gasteiger partial charge in [0.25, 0.3) is 0 Å². The first kappa shape index (κ1) is 15.1. The van der Waals surface area contributed by atoms with Crippen LogP contribution in [-0.2, 0) is 0 Å². The van der Waals surface area contributed by atoms with Crippen LogP contribution < -0.4 is 0 Å². The fourth-order valence-corrected chi connectivity index (χ4v) is 4.40. The maximum absolute atomic E-state index is 2.51.